The highest BCUT2D eigenvalue weighted by molar-refractivity contribution is 5.67. The second-order valence-electron chi connectivity index (χ2n) is 12.6. The monoisotopic (exact) mass is 493 g/mol. The van der Waals surface area contributed by atoms with Crippen LogP contribution < -0.4 is 0 Å². The number of carbonyl (C=O) groups is 1. The van der Waals surface area contributed by atoms with Crippen LogP contribution in [0.5, 0.6) is 0 Å². The van der Waals surface area contributed by atoms with Crippen LogP contribution >= 0.6 is 0 Å². The van der Waals surface area contributed by atoms with Gasteiger partial charge in [-0.1, -0.05) is 81.2 Å². The van der Waals surface area contributed by atoms with E-state index in [2.05, 4.69) is 75.0 Å². The van der Waals surface area contributed by atoms with Gasteiger partial charge in [-0.25, -0.2) is 4.79 Å². The third-order valence-corrected chi connectivity index (χ3v) is 10.4. The summed E-state index contributed by atoms with van der Waals surface area (Å²) in [5, 5.41) is 12.4. The molecule has 35 heavy (non-hydrogen) atoms. The van der Waals surface area contributed by atoms with Crippen LogP contribution in [-0.2, 0) is 9.47 Å². The number of nitrogens with zero attached hydrogens (tertiary/aromatic N) is 1. The fraction of sp³-hybridized carbons (Fsp3) is 0.900. The maximum Gasteiger partial charge on any atom is 0.409 e. The van der Waals surface area contributed by atoms with Gasteiger partial charge in [0.2, 0.25) is 0 Å². The molecule has 1 N–H and O–H groups in total. The van der Waals surface area contributed by atoms with E-state index in [1.54, 1.807) is 14.1 Å². The maximum absolute atomic E-state index is 12.5. The van der Waals surface area contributed by atoms with E-state index in [4.69, 9.17) is 9.47 Å². The molecule has 1 aliphatic heterocycles. The van der Waals surface area contributed by atoms with Gasteiger partial charge in [0.1, 0.15) is 6.10 Å². The van der Waals surface area contributed by atoms with Gasteiger partial charge in [0.15, 0.2) is 0 Å². The van der Waals surface area contributed by atoms with E-state index in [9.17, 15) is 9.90 Å². The fourth-order valence-electron chi connectivity index (χ4n) is 8.59. The zero-order valence-electron chi connectivity index (χ0n) is 24.6. The SMILES string of the molecule is C=CC(C)(CC)C1(C(C)CCC)C(O)C2OC(C(OC(=O)N(C)C)C(C)C)CC(C)C2C1(C)CC. The Morgan fingerprint density at radius 1 is 1.29 bits per heavy atom. The van der Waals surface area contributed by atoms with Gasteiger partial charge in [-0.05, 0) is 53.8 Å². The molecular weight excluding hydrogens is 438 g/mol. The number of hydrogen-bond acceptors (Lipinski definition) is 4. The Morgan fingerprint density at radius 2 is 1.89 bits per heavy atom. The first-order valence-corrected chi connectivity index (χ1v) is 14.1. The van der Waals surface area contributed by atoms with E-state index >= 15 is 0 Å². The first-order valence-electron chi connectivity index (χ1n) is 14.1. The number of rotatable bonds is 10. The minimum absolute atomic E-state index is 0.113. The number of hydrogen-bond donors (Lipinski definition) is 1. The highest BCUT2D eigenvalue weighted by Gasteiger charge is 2.74. The summed E-state index contributed by atoms with van der Waals surface area (Å²) in [4.78, 5) is 14.0. The van der Waals surface area contributed by atoms with Gasteiger partial charge < -0.3 is 19.5 Å². The Bertz CT molecular complexity index is 738. The molecule has 2 fully saturated rings. The quantitative estimate of drug-likeness (QED) is 0.335. The average Bonchev–Trinajstić information content (AvgIpc) is 3.01. The van der Waals surface area contributed by atoms with Crippen molar-refractivity contribution >= 4 is 6.09 Å². The van der Waals surface area contributed by atoms with Crippen molar-refractivity contribution in [2.24, 2.45) is 39.9 Å². The molecule has 0 aromatic carbocycles. The molecule has 0 radical (unpaired) electrons. The Kier molecular flexibility index (Phi) is 9.59. The first-order chi connectivity index (χ1) is 16.2. The lowest BCUT2D eigenvalue weighted by Gasteiger charge is -2.60. The zero-order chi connectivity index (χ0) is 26.9. The fourth-order valence-corrected chi connectivity index (χ4v) is 8.59. The summed E-state index contributed by atoms with van der Waals surface area (Å²) < 4.78 is 12.8. The highest BCUT2D eigenvalue weighted by Crippen LogP contribution is 2.73. The molecule has 0 aromatic rings. The molecule has 1 saturated heterocycles. The van der Waals surface area contributed by atoms with Gasteiger partial charge in [-0.2, -0.15) is 0 Å². The van der Waals surface area contributed by atoms with Gasteiger partial charge in [-0.3, -0.25) is 0 Å². The van der Waals surface area contributed by atoms with Crippen molar-refractivity contribution in [3.8, 4) is 0 Å². The summed E-state index contributed by atoms with van der Waals surface area (Å²) in [6, 6.07) is 0. The van der Waals surface area contributed by atoms with Crippen LogP contribution in [0.1, 0.15) is 94.4 Å². The summed E-state index contributed by atoms with van der Waals surface area (Å²) >= 11 is 0. The molecule has 0 bridgehead atoms. The molecule has 1 aliphatic carbocycles. The highest BCUT2D eigenvalue weighted by atomic mass is 16.6. The van der Waals surface area contributed by atoms with Crippen LogP contribution in [0.2, 0.25) is 0 Å². The van der Waals surface area contributed by atoms with Crippen molar-refractivity contribution in [2.45, 2.75) is 119 Å². The van der Waals surface area contributed by atoms with Gasteiger partial charge in [0, 0.05) is 19.5 Å². The molecule has 5 nitrogen and oxygen atoms in total. The minimum Gasteiger partial charge on any atom is -0.443 e. The predicted octanol–water partition coefficient (Wildman–Crippen LogP) is 6.93. The predicted molar refractivity (Wildman–Crippen MR) is 144 cm³/mol. The Hall–Kier alpha value is -1.07. The van der Waals surface area contributed by atoms with Crippen LogP contribution in [0.15, 0.2) is 12.7 Å². The van der Waals surface area contributed by atoms with Crippen LogP contribution in [0, 0.1) is 39.9 Å². The largest absolute Gasteiger partial charge is 0.443 e. The second-order valence-corrected chi connectivity index (χ2v) is 12.6. The van der Waals surface area contributed by atoms with E-state index in [-0.39, 0.29) is 52.5 Å². The van der Waals surface area contributed by atoms with Crippen molar-refractivity contribution in [1.82, 2.24) is 4.90 Å². The molecule has 2 rings (SSSR count). The third-order valence-electron chi connectivity index (χ3n) is 10.4. The van der Waals surface area contributed by atoms with Crippen LogP contribution in [0.25, 0.3) is 0 Å². The topological polar surface area (TPSA) is 59.0 Å². The van der Waals surface area contributed by atoms with E-state index in [0.717, 1.165) is 32.1 Å². The summed E-state index contributed by atoms with van der Waals surface area (Å²) in [6.07, 6.45) is 5.13. The minimum atomic E-state index is -0.621. The summed E-state index contributed by atoms with van der Waals surface area (Å²) in [6.45, 7) is 24.6. The number of ether oxygens (including phenoxy) is 2. The second kappa shape index (κ2) is 11.1. The van der Waals surface area contributed by atoms with Crippen LogP contribution in [0.3, 0.4) is 0 Å². The lowest BCUT2D eigenvalue weighted by molar-refractivity contribution is -0.185. The molecule has 0 aromatic heterocycles. The molecule has 10 atom stereocenters. The van der Waals surface area contributed by atoms with E-state index in [1.807, 2.05) is 0 Å². The smallest absolute Gasteiger partial charge is 0.409 e. The first kappa shape index (κ1) is 30.2. The Labute approximate surface area is 216 Å². The summed E-state index contributed by atoms with van der Waals surface area (Å²) in [5.41, 5.74) is -0.730. The van der Waals surface area contributed by atoms with Crippen molar-refractivity contribution in [2.75, 3.05) is 14.1 Å². The third kappa shape index (κ3) is 4.58. The van der Waals surface area contributed by atoms with Gasteiger partial charge in [-0.15, -0.1) is 6.58 Å². The number of aliphatic hydroxyl groups excluding tert-OH is 1. The maximum atomic E-state index is 12.5. The number of carbonyl (C=O) groups excluding carboxylic acids is 1. The molecule has 5 heteroatoms. The lowest BCUT2D eigenvalue weighted by Crippen LogP contribution is -2.58. The van der Waals surface area contributed by atoms with Crippen molar-refractivity contribution < 1.29 is 19.4 Å². The summed E-state index contributed by atoms with van der Waals surface area (Å²) in [7, 11) is 3.41. The molecule has 1 heterocycles. The zero-order valence-corrected chi connectivity index (χ0v) is 24.6. The molecular formula is C30H55NO4. The summed E-state index contributed by atoms with van der Waals surface area (Å²) in [5.74, 6) is 0.977. The van der Waals surface area contributed by atoms with Gasteiger partial charge >= 0.3 is 6.09 Å². The number of allylic oxidation sites excluding steroid dienone is 1. The molecule has 1 amide bonds. The van der Waals surface area contributed by atoms with Gasteiger partial charge in [0.05, 0.1) is 18.3 Å². The number of fused-ring (bicyclic) bond motifs is 1. The molecule has 0 spiro atoms. The van der Waals surface area contributed by atoms with Crippen LogP contribution in [-0.4, -0.2) is 54.6 Å². The molecule has 10 unspecified atom stereocenters. The molecule has 1 saturated carbocycles. The standard InChI is InChI=1S/C30H55NO4/c1-13-17-21(8)30(28(9,14-2)15-3)26(32)25-23(29(30,10)16-4)20(7)18-22(34-25)24(19(5)6)35-27(33)31(11)12/h14,19-26,32H,2,13,15-18H2,1,3-12H3. The number of aliphatic hydroxyl groups is 1. The Balaban J connectivity index is 2.64. The van der Waals surface area contributed by atoms with E-state index in [1.165, 1.54) is 4.90 Å². The average molecular weight is 494 g/mol. The van der Waals surface area contributed by atoms with Crippen molar-refractivity contribution in [3.05, 3.63) is 12.7 Å². The van der Waals surface area contributed by atoms with Crippen molar-refractivity contribution in [3.63, 3.8) is 0 Å². The van der Waals surface area contributed by atoms with E-state index in [0.29, 0.717) is 11.8 Å². The normalized spacial score (nSPS) is 38.4. The van der Waals surface area contributed by atoms with Crippen molar-refractivity contribution in [1.29, 1.82) is 0 Å². The van der Waals surface area contributed by atoms with Gasteiger partial charge in [0.25, 0.3) is 0 Å². The molecule has 2 aliphatic rings. The van der Waals surface area contributed by atoms with Crippen LogP contribution in [0.4, 0.5) is 4.79 Å². The number of amides is 1. The lowest BCUT2D eigenvalue weighted by atomic mass is 9.44. The Morgan fingerprint density at radius 3 is 2.31 bits per heavy atom. The molecule has 204 valence electrons. The van der Waals surface area contributed by atoms with E-state index < -0.39 is 6.10 Å².